The highest BCUT2D eigenvalue weighted by Gasteiger charge is 2.52. The van der Waals surface area contributed by atoms with Gasteiger partial charge >= 0.3 is 0 Å². The summed E-state index contributed by atoms with van der Waals surface area (Å²) in [6.45, 7) is 0. The van der Waals surface area contributed by atoms with E-state index in [1.165, 1.54) is 102 Å². The zero-order chi connectivity index (χ0) is 60.5. The van der Waals surface area contributed by atoms with Crippen LogP contribution in [0.4, 0.5) is 22.7 Å². The van der Waals surface area contributed by atoms with Crippen molar-refractivity contribution in [2.75, 3.05) is 10.6 Å². The average molecular weight is 1210 g/mol. The number of furan rings is 1. The lowest BCUT2D eigenvalue weighted by atomic mass is 9.66. The van der Waals surface area contributed by atoms with Crippen LogP contribution in [0.2, 0.25) is 0 Å². The second-order valence-corrected chi connectivity index (χ2v) is 26.4. The van der Waals surface area contributed by atoms with Gasteiger partial charge in [0.1, 0.15) is 22.7 Å². The molecule has 4 aliphatic rings. The Morgan fingerprint density at radius 1 is 0.283 bits per heavy atom. The minimum atomic E-state index is -0.485. The van der Waals surface area contributed by atoms with E-state index >= 15 is 0 Å². The standard InChI is InChI=1S/C43H27NO2.C43H27NS2/c1-4-16-33-30(13-1)31-14-2-5-17-34(31)43(33)35-18-6-8-21-39(35)46-40-24-23-28(26-36(40)43)27-11-9-12-29(25-27)44-37-19-10-22-41-42(37)32-15-3-7-20-38(32)45-41;1-5-16-32-29(13-1)30-14-2-6-17-33(30)43(32)34-18-7-10-22-39(34)46-40-25-24-27(26-35(40)43)28-12-3-8-19-36(28)44-37-20-11-23-41-42(37)31-15-4-9-21-38(31)45-41/h2*1-26,44H. The van der Waals surface area contributed by atoms with E-state index in [0.717, 1.165) is 72.9 Å². The third-order valence-electron chi connectivity index (χ3n) is 19.5. The van der Waals surface area contributed by atoms with Crippen LogP contribution in [0.1, 0.15) is 44.5 Å². The van der Waals surface area contributed by atoms with E-state index in [1.54, 1.807) is 0 Å². The second-order valence-electron chi connectivity index (χ2n) is 24.2. The van der Waals surface area contributed by atoms with Crippen molar-refractivity contribution in [3.8, 4) is 56.0 Å². The van der Waals surface area contributed by atoms with Crippen LogP contribution in [0.5, 0.6) is 11.5 Å². The van der Waals surface area contributed by atoms with E-state index in [2.05, 4.69) is 302 Å². The third-order valence-corrected chi connectivity index (χ3v) is 21.8. The Bertz CT molecular complexity index is 5620. The number of para-hydroxylation sites is 3. The predicted molar refractivity (Wildman–Crippen MR) is 382 cm³/mol. The van der Waals surface area contributed by atoms with Gasteiger partial charge in [-0.1, -0.05) is 236 Å². The van der Waals surface area contributed by atoms with Crippen LogP contribution in [0.3, 0.4) is 0 Å². The van der Waals surface area contributed by atoms with Crippen LogP contribution in [0.15, 0.2) is 330 Å². The third kappa shape index (κ3) is 7.78. The smallest absolute Gasteiger partial charge is 0.137 e. The number of thiophene rings is 1. The van der Waals surface area contributed by atoms with Crippen molar-refractivity contribution in [2.24, 2.45) is 0 Å². The number of hydrogen-bond donors (Lipinski definition) is 2. The molecule has 4 heterocycles. The summed E-state index contributed by atoms with van der Waals surface area (Å²) < 4.78 is 15.4. The summed E-state index contributed by atoms with van der Waals surface area (Å²) in [6, 6.07) is 114. The second kappa shape index (κ2) is 20.7. The molecule has 2 aromatic heterocycles. The largest absolute Gasteiger partial charge is 0.457 e. The Morgan fingerprint density at radius 3 is 1.53 bits per heavy atom. The lowest BCUT2D eigenvalue weighted by Crippen LogP contribution is -2.32. The molecule has 92 heavy (non-hydrogen) atoms. The van der Waals surface area contributed by atoms with Crippen LogP contribution in [-0.4, -0.2) is 0 Å². The summed E-state index contributed by atoms with van der Waals surface area (Å²) in [6.07, 6.45) is 0. The first kappa shape index (κ1) is 52.8. The first-order chi connectivity index (χ1) is 45.6. The number of rotatable bonds is 6. The molecule has 2 spiro atoms. The average Bonchev–Trinajstić information content (AvgIpc) is 1.49. The van der Waals surface area contributed by atoms with Gasteiger partial charge in [0.15, 0.2) is 0 Å². The van der Waals surface area contributed by atoms with E-state index in [1.807, 2.05) is 47.4 Å². The summed E-state index contributed by atoms with van der Waals surface area (Å²) in [5.41, 5.74) is 25.4. The maximum Gasteiger partial charge on any atom is 0.137 e. The minimum absolute atomic E-state index is 0.385. The predicted octanol–water partition coefficient (Wildman–Crippen LogP) is 23.8. The normalized spacial score (nSPS) is 13.7. The van der Waals surface area contributed by atoms with Crippen LogP contribution in [0, 0.1) is 0 Å². The SMILES string of the molecule is c1cc(Nc2cccc3oc4ccccc4c23)cc(-c2ccc3c(c2)C2(c4ccccc4O3)c3ccccc3-c3ccccc32)c1.c1ccc(-c2ccc3c(c2)C2(c4ccccc4S3)c3ccccc3-c3ccccc32)c(Nc2cccc3sc4ccccc4c23)c1. The van der Waals surface area contributed by atoms with E-state index in [-0.39, 0.29) is 5.41 Å². The van der Waals surface area contributed by atoms with E-state index in [0.29, 0.717) is 0 Å². The molecule has 14 aromatic carbocycles. The monoisotopic (exact) mass is 1210 g/mol. The lowest BCUT2D eigenvalue weighted by molar-refractivity contribution is 0.436. The molecule has 0 radical (unpaired) electrons. The van der Waals surface area contributed by atoms with E-state index < -0.39 is 5.41 Å². The molecule has 0 fully saturated rings. The molecule has 2 aliphatic heterocycles. The maximum atomic E-state index is 6.63. The van der Waals surface area contributed by atoms with Crippen molar-refractivity contribution in [3.63, 3.8) is 0 Å². The van der Waals surface area contributed by atoms with Gasteiger partial charge in [-0.25, -0.2) is 0 Å². The number of nitrogens with one attached hydrogen (secondary N) is 2. The van der Waals surface area contributed by atoms with E-state index in [9.17, 15) is 0 Å². The number of ether oxygens (including phenoxy) is 1. The molecule has 432 valence electrons. The number of fused-ring (bicyclic) bond motifs is 24. The molecular formula is C86H54N2O2S2. The molecule has 2 aliphatic carbocycles. The van der Waals surface area contributed by atoms with Crippen LogP contribution < -0.4 is 15.4 Å². The van der Waals surface area contributed by atoms with Gasteiger partial charge in [0, 0.05) is 69.1 Å². The lowest BCUT2D eigenvalue weighted by Gasteiger charge is -2.40. The Kier molecular flexibility index (Phi) is 11.9. The molecule has 0 unspecified atom stereocenters. The molecule has 0 bridgehead atoms. The first-order valence-corrected chi connectivity index (χ1v) is 33.0. The minimum Gasteiger partial charge on any atom is -0.457 e. The topological polar surface area (TPSA) is 46.4 Å². The van der Waals surface area contributed by atoms with Gasteiger partial charge < -0.3 is 19.8 Å². The highest BCUT2D eigenvalue weighted by Crippen LogP contribution is 2.64. The Hall–Kier alpha value is -11.2. The molecule has 16 aromatic rings. The quantitative estimate of drug-likeness (QED) is 0.174. The molecule has 4 nitrogen and oxygen atoms in total. The van der Waals surface area contributed by atoms with Gasteiger partial charge in [-0.15, -0.1) is 11.3 Å². The Labute approximate surface area is 540 Å². The summed E-state index contributed by atoms with van der Waals surface area (Å²) in [5.74, 6) is 1.79. The summed E-state index contributed by atoms with van der Waals surface area (Å²) in [5, 5.41) is 12.4. The molecular weight excluding hydrogens is 1160 g/mol. The van der Waals surface area contributed by atoms with Crippen molar-refractivity contribution in [3.05, 3.63) is 360 Å². The van der Waals surface area contributed by atoms with Crippen molar-refractivity contribution in [1.29, 1.82) is 0 Å². The fourth-order valence-corrected chi connectivity index (χ4v) is 18.0. The van der Waals surface area contributed by atoms with Gasteiger partial charge in [-0.2, -0.15) is 0 Å². The maximum absolute atomic E-state index is 6.63. The highest BCUT2D eigenvalue weighted by atomic mass is 32.2. The Balaban J connectivity index is 0.000000132. The zero-order valence-electron chi connectivity index (χ0n) is 49.7. The van der Waals surface area contributed by atoms with Gasteiger partial charge in [0.05, 0.1) is 21.9 Å². The molecule has 0 amide bonds. The summed E-state index contributed by atoms with van der Waals surface area (Å²) in [7, 11) is 0. The summed E-state index contributed by atoms with van der Waals surface area (Å²) >= 11 is 3.75. The van der Waals surface area contributed by atoms with Crippen LogP contribution in [0.25, 0.3) is 86.6 Å². The number of hydrogen-bond acceptors (Lipinski definition) is 6. The van der Waals surface area contributed by atoms with Crippen LogP contribution >= 0.6 is 23.1 Å². The first-order valence-electron chi connectivity index (χ1n) is 31.4. The van der Waals surface area contributed by atoms with Crippen LogP contribution in [-0.2, 0) is 10.8 Å². The van der Waals surface area contributed by atoms with Gasteiger partial charge in [-0.3, -0.25) is 0 Å². The molecule has 2 N–H and O–H groups in total. The summed E-state index contributed by atoms with van der Waals surface area (Å²) in [4.78, 5) is 2.64. The van der Waals surface area contributed by atoms with Gasteiger partial charge in [0.2, 0.25) is 0 Å². The fraction of sp³-hybridized carbons (Fsp3) is 0.0233. The molecule has 0 atom stereocenters. The molecule has 20 rings (SSSR count). The molecule has 0 saturated heterocycles. The number of benzene rings is 14. The van der Waals surface area contributed by atoms with Gasteiger partial charge in [-0.05, 0) is 163 Å². The molecule has 0 saturated carbocycles. The number of anilines is 4. The van der Waals surface area contributed by atoms with Gasteiger partial charge in [0.25, 0.3) is 0 Å². The van der Waals surface area contributed by atoms with Crippen molar-refractivity contribution < 1.29 is 9.15 Å². The van der Waals surface area contributed by atoms with Crippen molar-refractivity contribution in [2.45, 2.75) is 20.6 Å². The zero-order valence-corrected chi connectivity index (χ0v) is 51.3. The van der Waals surface area contributed by atoms with Crippen molar-refractivity contribution >= 4 is 88.0 Å². The molecule has 6 heteroatoms. The Morgan fingerprint density at radius 2 is 0.783 bits per heavy atom. The highest BCUT2D eigenvalue weighted by molar-refractivity contribution is 7.99. The van der Waals surface area contributed by atoms with E-state index in [4.69, 9.17) is 9.15 Å². The van der Waals surface area contributed by atoms with Crippen molar-refractivity contribution in [1.82, 2.24) is 0 Å². The fourth-order valence-electron chi connectivity index (χ4n) is 15.7.